The molecule has 1 fully saturated rings. The Hall–Kier alpha value is -2.89. The first-order valence-electron chi connectivity index (χ1n) is 10.6. The van der Waals surface area contributed by atoms with Gasteiger partial charge in [0, 0.05) is 18.3 Å². The van der Waals surface area contributed by atoms with Crippen LogP contribution in [0.1, 0.15) is 32.3 Å². The van der Waals surface area contributed by atoms with Crippen LogP contribution in [0.3, 0.4) is 0 Å². The van der Waals surface area contributed by atoms with Crippen LogP contribution in [0.15, 0.2) is 18.2 Å². The molecule has 0 saturated carbocycles. The molecule has 186 valence electrons. The monoisotopic (exact) mass is 541 g/mol. The van der Waals surface area contributed by atoms with E-state index in [9.17, 15) is 9.59 Å². The third-order valence-corrected chi connectivity index (χ3v) is 7.61. The average molecular weight is 542 g/mol. The van der Waals surface area contributed by atoms with Gasteiger partial charge in [-0.1, -0.05) is 40.6 Å². The number of aromatic amines is 1. The van der Waals surface area contributed by atoms with E-state index in [-0.39, 0.29) is 27.2 Å². The summed E-state index contributed by atoms with van der Waals surface area (Å²) >= 11 is 13.2. The molecule has 0 unspecified atom stereocenters. The van der Waals surface area contributed by atoms with Crippen molar-refractivity contribution in [3.8, 4) is 17.3 Å². The Bertz CT molecular complexity index is 1270. The molecule has 2 atom stereocenters. The van der Waals surface area contributed by atoms with Crippen molar-refractivity contribution in [1.29, 1.82) is 0 Å². The number of hydrogen-bond donors (Lipinski definition) is 2. The van der Waals surface area contributed by atoms with Crippen LogP contribution < -0.4 is 15.0 Å². The number of H-pyrrole nitrogens is 1. The number of halogens is 3. The number of ether oxygens (including phenoxy) is 2. The maximum atomic E-state index is 15.1. The highest BCUT2D eigenvalue weighted by molar-refractivity contribution is 7.17. The summed E-state index contributed by atoms with van der Waals surface area (Å²) in [5, 5.41) is 3.50. The van der Waals surface area contributed by atoms with E-state index in [1.54, 1.807) is 30.0 Å². The standard InChI is InChI=1S/C22H22Cl2FN5O4S/c1-10-15(23)16(24)18(26-10)20(31)28-12-7-8-30(9-11(12)25)22-29-17(19(35-22)21(32)34-3)13-5-4-6-14(27-13)33-2/h4-6,11-12,26H,7-9H2,1-3H3,(H,28,31)/t11-,12+/m0/s1. The number of anilines is 1. The molecule has 1 amide bonds. The smallest absolute Gasteiger partial charge is 0.350 e. The van der Waals surface area contributed by atoms with Crippen molar-refractivity contribution in [2.75, 3.05) is 32.2 Å². The zero-order valence-corrected chi connectivity index (χ0v) is 21.4. The second-order valence-corrected chi connectivity index (χ2v) is 9.55. The van der Waals surface area contributed by atoms with Gasteiger partial charge in [0.25, 0.3) is 5.91 Å². The zero-order valence-electron chi connectivity index (χ0n) is 19.0. The van der Waals surface area contributed by atoms with Crippen molar-refractivity contribution in [2.24, 2.45) is 0 Å². The van der Waals surface area contributed by atoms with Crippen molar-refractivity contribution in [3.63, 3.8) is 0 Å². The molecule has 1 saturated heterocycles. The highest BCUT2D eigenvalue weighted by Gasteiger charge is 2.34. The Morgan fingerprint density at radius 1 is 1.26 bits per heavy atom. The van der Waals surface area contributed by atoms with Crippen molar-refractivity contribution >= 4 is 51.5 Å². The first-order valence-corrected chi connectivity index (χ1v) is 12.1. The number of piperidine rings is 1. The molecule has 0 spiro atoms. The number of amides is 1. The summed E-state index contributed by atoms with van der Waals surface area (Å²) in [4.78, 5) is 38.8. The summed E-state index contributed by atoms with van der Waals surface area (Å²) in [6, 6.07) is 4.39. The molecule has 35 heavy (non-hydrogen) atoms. The number of nitrogens with zero attached hydrogens (tertiary/aromatic N) is 3. The number of nitrogens with one attached hydrogen (secondary N) is 2. The Labute approximate surface area is 214 Å². The van der Waals surface area contributed by atoms with Crippen LogP contribution in [-0.2, 0) is 4.74 Å². The lowest BCUT2D eigenvalue weighted by atomic mass is 10.0. The number of esters is 1. The highest BCUT2D eigenvalue weighted by Crippen LogP contribution is 2.35. The number of thiazole rings is 1. The number of methoxy groups -OCH3 is 2. The summed E-state index contributed by atoms with van der Waals surface area (Å²) in [7, 11) is 2.77. The van der Waals surface area contributed by atoms with Gasteiger partial charge in [0.2, 0.25) is 5.88 Å². The minimum Gasteiger partial charge on any atom is -0.481 e. The number of aromatic nitrogens is 3. The molecular weight excluding hydrogens is 520 g/mol. The van der Waals surface area contributed by atoms with Gasteiger partial charge < -0.3 is 24.7 Å². The van der Waals surface area contributed by atoms with E-state index < -0.39 is 24.1 Å². The van der Waals surface area contributed by atoms with Crippen molar-refractivity contribution < 1.29 is 23.5 Å². The molecule has 2 N–H and O–H groups in total. The minimum atomic E-state index is -1.39. The first kappa shape index (κ1) is 25.2. The highest BCUT2D eigenvalue weighted by atomic mass is 35.5. The van der Waals surface area contributed by atoms with E-state index in [4.69, 9.17) is 32.7 Å². The van der Waals surface area contributed by atoms with Crippen molar-refractivity contribution in [1.82, 2.24) is 20.3 Å². The summed E-state index contributed by atoms with van der Waals surface area (Å²) < 4.78 is 25.2. The number of carbonyl (C=O) groups is 2. The number of carbonyl (C=O) groups excluding carboxylic acids is 2. The van der Waals surface area contributed by atoms with Crippen molar-refractivity contribution in [2.45, 2.75) is 25.6 Å². The molecule has 0 aliphatic carbocycles. The SMILES string of the molecule is COC(=O)c1sc(N2CC[C@@H](NC(=O)c3[nH]c(C)c(Cl)c3Cl)[C@@H](F)C2)nc1-c1cccc(OC)n1. The maximum Gasteiger partial charge on any atom is 0.350 e. The predicted molar refractivity (Wildman–Crippen MR) is 132 cm³/mol. The number of aryl methyl sites for hydroxylation is 1. The van der Waals surface area contributed by atoms with Crippen molar-refractivity contribution in [3.05, 3.63) is 44.5 Å². The number of hydrogen-bond acceptors (Lipinski definition) is 8. The van der Waals surface area contributed by atoms with Crippen LogP contribution in [-0.4, -0.2) is 66.4 Å². The number of rotatable bonds is 6. The summed E-state index contributed by atoms with van der Waals surface area (Å²) in [5.74, 6) is -0.726. The lowest BCUT2D eigenvalue weighted by molar-refractivity contribution is 0.0606. The van der Waals surface area contributed by atoms with E-state index in [1.165, 1.54) is 14.2 Å². The average Bonchev–Trinajstić information content (AvgIpc) is 3.42. The largest absolute Gasteiger partial charge is 0.481 e. The molecule has 9 nitrogen and oxygen atoms in total. The van der Waals surface area contributed by atoms with Gasteiger partial charge in [-0.3, -0.25) is 4.79 Å². The molecule has 13 heteroatoms. The molecule has 3 aromatic heterocycles. The quantitative estimate of drug-likeness (QED) is 0.448. The second kappa shape index (κ2) is 10.4. The number of alkyl halides is 1. The fraction of sp³-hybridized carbons (Fsp3) is 0.364. The third kappa shape index (κ3) is 5.07. The van der Waals surface area contributed by atoms with Gasteiger partial charge in [-0.25, -0.2) is 19.2 Å². The topological polar surface area (TPSA) is 109 Å². The number of pyridine rings is 1. The fourth-order valence-corrected chi connectivity index (χ4v) is 5.16. The van der Waals surface area contributed by atoms with Crippen LogP contribution in [0.2, 0.25) is 10.0 Å². The van der Waals surface area contributed by atoms with Gasteiger partial charge in [0.15, 0.2) is 5.13 Å². The third-order valence-electron chi connectivity index (χ3n) is 5.57. The molecule has 4 heterocycles. The lowest BCUT2D eigenvalue weighted by Crippen LogP contribution is -2.52. The molecule has 0 radical (unpaired) electrons. The van der Waals surface area contributed by atoms with Crippen LogP contribution in [0.25, 0.3) is 11.4 Å². The van der Waals surface area contributed by atoms with Gasteiger partial charge in [-0.2, -0.15) is 0 Å². The predicted octanol–water partition coefficient (Wildman–Crippen LogP) is 4.29. The van der Waals surface area contributed by atoms with Crippen LogP contribution >= 0.6 is 34.5 Å². The Balaban J connectivity index is 1.52. The van der Waals surface area contributed by atoms with Gasteiger partial charge in [-0.15, -0.1) is 0 Å². The summed E-state index contributed by atoms with van der Waals surface area (Å²) in [6.07, 6.45) is -1.07. The molecule has 3 aromatic rings. The van der Waals surface area contributed by atoms with E-state index >= 15 is 4.39 Å². The Kier molecular flexibility index (Phi) is 7.48. The van der Waals surface area contributed by atoms with Gasteiger partial charge >= 0.3 is 5.97 Å². The van der Waals surface area contributed by atoms with E-state index in [2.05, 4.69) is 20.3 Å². The van der Waals surface area contributed by atoms with E-state index in [0.717, 1.165) is 11.3 Å². The van der Waals surface area contributed by atoms with E-state index in [0.29, 0.717) is 41.1 Å². The molecule has 1 aliphatic heterocycles. The normalized spacial score (nSPS) is 17.8. The Morgan fingerprint density at radius 3 is 2.66 bits per heavy atom. The molecular formula is C22H22Cl2FN5O4S. The molecule has 4 rings (SSSR count). The molecule has 1 aliphatic rings. The molecule has 0 bridgehead atoms. The minimum absolute atomic E-state index is 0.0255. The van der Waals surface area contributed by atoms with Gasteiger partial charge in [0.1, 0.15) is 22.4 Å². The zero-order chi connectivity index (χ0) is 25.3. The van der Waals surface area contributed by atoms with E-state index in [1.807, 2.05) is 0 Å². The molecule has 0 aromatic carbocycles. The first-order chi connectivity index (χ1) is 16.7. The van der Waals surface area contributed by atoms with Gasteiger partial charge in [0.05, 0.1) is 42.5 Å². The summed E-state index contributed by atoms with van der Waals surface area (Å²) in [5.41, 5.74) is 1.42. The maximum absolute atomic E-state index is 15.1. The van der Waals surface area contributed by atoms with Crippen LogP contribution in [0, 0.1) is 6.92 Å². The summed E-state index contributed by atoms with van der Waals surface area (Å²) in [6.45, 7) is 2.07. The second-order valence-electron chi connectivity index (χ2n) is 7.81. The fourth-order valence-electron chi connectivity index (χ4n) is 3.72. The Morgan fingerprint density at radius 2 is 2.03 bits per heavy atom. The van der Waals surface area contributed by atoms with Crippen LogP contribution in [0.5, 0.6) is 5.88 Å². The van der Waals surface area contributed by atoms with Crippen LogP contribution in [0.4, 0.5) is 9.52 Å². The van der Waals surface area contributed by atoms with Gasteiger partial charge in [-0.05, 0) is 19.4 Å². The lowest BCUT2D eigenvalue weighted by Gasteiger charge is -2.34.